The van der Waals surface area contributed by atoms with Crippen molar-refractivity contribution >= 4 is 28.5 Å². The molecule has 1 aliphatic carbocycles. The summed E-state index contributed by atoms with van der Waals surface area (Å²) in [5, 5.41) is 12.5. The Morgan fingerprint density at radius 2 is 2.03 bits per heavy atom. The summed E-state index contributed by atoms with van der Waals surface area (Å²) >= 11 is 0. The van der Waals surface area contributed by atoms with Crippen molar-refractivity contribution in [2.45, 2.75) is 39.3 Å². The molecule has 4 aromatic rings. The van der Waals surface area contributed by atoms with E-state index >= 15 is 0 Å². The number of aryl methyl sites for hydroxylation is 1. The van der Waals surface area contributed by atoms with Gasteiger partial charge in [-0.2, -0.15) is 0 Å². The highest BCUT2D eigenvalue weighted by molar-refractivity contribution is 6.07. The van der Waals surface area contributed by atoms with Crippen molar-refractivity contribution < 1.29 is 19.0 Å². The molecule has 2 aromatic carbocycles. The first-order chi connectivity index (χ1) is 17.2. The second-order valence-corrected chi connectivity index (χ2v) is 8.51. The number of carbonyl (C=O) groups is 1. The van der Waals surface area contributed by atoms with Crippen LogP contribution in [0.5, 0.6) is 11.5 Å². The number of para-hydroxylation sites is 1. The van der Waals surface area contributed by atoms with E-state index in [0.717, 1.165) is 57.6 Å². The van der Waals surface area contributed by atoms with Gasteiger partial charge in [0.05, 0.1) is 16.8 Å². The molecule has 35 heavy (non-hydrogen) atoms. The van der Waals surface area contributed by atoms with Gasteiger partial charge in [-0.25, -0.2) is 14.5 Å². The molecule has 0 N–H and O–H groups in total. The molecule has 0 atom stereocenters. The van der Waals surface area contributed by atoms with Crippen molar-refractivity contribution in [3.05, 3.63) is 70.7 Å². The molecule has 0 unspecified atom stereocenters. The van der Waals surface area contributed by atoms with Crippen LogP contribution in [0.3, 0.4) is 0 Å². The lowest BCUT2D eigenvalue weighted by atomic mass is 10.0. The van der Waals surface area contributed by atoms with Gasteiger partial charge in [0.15, 0.2) is 23.9 Å². The molecular weight excluding hydrogens is 446 g/mol. The number of aromatic nitrogens is 5. The van der Waals surface area contributed by atoms with Crippen LogP contribution in [0.1, 0.15) is 52.8 Å². The third kappa shape index (κ3) is 3.88. The summed E-state index contributed by atoms with van der Waals surface area (Å²) in [6.45, 7) is 2.96. The summed E-state index contributed by atoms with van der Waals surface area (Å²) in [4.78, 5) is 18.3. The van der Waals surface area contributed by atoms with Gasteiger partial charge in [0.25, 0.3) is 0 Å². The number of hydrogen-bond acceptors (Lipinski definition) is 8. The second kappa shape index (κ2) is 8.83. The monoisotopic (exact) mass is 469 g/mol. The van der Waals surface area contributed by atoms with Gasteiger partial charge in [-0.1, -0.05) is 31.2 Å². The van der Waals surface area contributed by atoms with E-state index in [1.165, 1.54) is 0 Å². The third-order valence-corrected chi connectivity index (χ3v) is 6.26. The van der Waals surface area contributed by atoms with Gasteiger partial charge in [0, 0.05) is 11.9 Å². The lowest BCUT2D eigenvalue weighted by Gasteiger charge is -2.12. The maximum absolute atomic E-state index is 13.4. The Morgan fingerprint density at radius 3 is 2.94 bits per heavy atom. The molecule has 9 heteroatoms. The molecule has 3 heterocycles. The number of hydrogen-bond donors (Lipinski definition) is 0. The zero-order valence-corrected chi connectivity index (χ0v) is 19.2. The van der Waals surface area contributed by atoms with Gasteiger partial charge >= 0.3 is 5.97 Å². The van der Waals surface area contributed by atoms with Crippen molar-refractivity contribution in [2.24, 2.45) is 0 Å². The molecule has 0 saturated carbocycles. The van der Waals surface area contributed by atoms with E-state index in [-0.39, 0.29) is 13.4 Å². The number of nitrogens with zero attached hydrogens (tertiary/aromatic N) is 5. The fraction of sp³-hybridized carbons (Fsp3) is 0.269. The van der Waals surface area contributed by atoms with Crippen molar-refractivity contribution in [3.8, 4) is 11.5 Å². The quantitative estimate of drug-likeness (QED) is 0.387. The Balaban J connectivity index is 1.36. The van der Waals surface area contributed by atoms with E-state index in [4.69, 9.17) is 19.2 Å². The standard InChI is InChI=1S/C26H23N5O4/c1-2-11-31-23(28-29-30-31)14-33-26(32)24-18-5-3-4-6-20(18)27-25-17(8-9-19(24)25)12-16-7-10-21-22(13-16)35-15-34-21/h3-7,10,12-13H,2,8-9,11,14-15H2,1H3. The molecule has 0 amide bonds. The van der Waals surface area contributed by atoms with Gasteiger partial charge < -0.3 is 14.2 Å². The summed E-state index contributed by atoms with van der Waals surface area (Å²) < 4.78 is 18.3. The molecule has 176 valence electrons. The van der Waals surface area contributed by atoms with Gasteiger partial charge in [0.2, 0.25) is 6.79 Å². The van der Waals surface area contributed by atoms with Crippen LogP contribution in [-0.2, 0) is 24.3 Å². The number of rotatable bonds is 6. The van der Waals surface area contributed by atoms with Crippen molar-refractivity contribution in [3.63, 3.8) is 0 Å². The van der Waals surface area contributed by atoms with Crippen LogP contribution in [0.25, 0.3) is 22.6 Å². The number of pyridine rings is 1. The minimum Gasteiger partial charge on any atom is -0.454 e. The lowest BCUT2D eigenvalue weighted by Crippen LogP contribution is -2.13. The van der Waals surface area contributed by atoms with Gasteiger partial charge in [-0.15, -0.1) is 5.10 Å². The van der Waals surface area contributed by atoms with Crippen molar-refractivity contribution in [2.75, 3.05) is 6.79 Å². The maximum Gasteiger partial charge on any atom is 0.339 e. The molecule has 0 bridgehead atoms. The highest BCUT2D eigenvalue weighted by Crippen LogP contribution is 2.39. The Morgan fingerprint density at radius 1 is 1.14 bits per heavy atom. The van der Waals surface area contributed by atoms with E-state index < -0.39 is 5.97 Å². The van der Waals surface area contributed by atoms with E-state index in [1.807, 2.05) is 49.4 Å². The average Bonchev–Trinajstić information content (AvgIpc) is 3.62. The molecule has 0 fully saturated rings. The number of ether oxygens (including phenoxy) is 3. The third-order valence-electron chi connectivity index (χ3n) is 6.26. The normalized spacial score (nSPS) is 15.1. The Kier molecular flexibility index (Phi) is 5.36. The summed E-state index contributed by atoms with van der Waals surface area (Å²) in [5.74, 6) is 1.62. The Hall–Kier alpha value is -4.27. The molecule has 1 aliphatic heterocycles. The van der Waals surface area contributed by atoms with Crippen molar-refractivity contribution in [1.82, 2.24) is 25.2 Å². The van der Waals surface area contributed by atoms with Gasteiger partial charge in [-0.3, -0.25) is 0 Å². The molecule has 0 spiro atoms. The fourth-order valence-electron chi connectivity index (χ4n) is 4.63. The lowest BCUT2D eigenvalue weighted by molar-refractivity contribution is 0.0457. The van der Waals surface area contributed by atoms with Crippen LogP contribution in [0.4, 0.5) is 0 Å². The van der Waals surface area contributed by atoms with Gasteiger partial charge in [0.1, 0.15) is 0 Å². The molecular formula is C26H23N5O4. The highest BCUT2D eigenvalue weighted by Gasteiger charge is 2.28. The van der Waals surface area contributed by atoms with Crippen LogP contribution in [0, 0.1) is 0 Å². The smallest absolute Gasteiger partial charge is 0.339 e. The largest absolute Gasteiger partial charge is 0.454 e. The van der Waals surface area contributed by atoms with Crippen LogP contribution in [0.15, 0.2) is 42.5 Å². The fourth-order valence-corrected chi connectivity index (χ4v) is 4.63. The zero-order chi connectivity index (χ0) is 23.8. The predicted molar refractivity (Wildman–Crippen MR) is 128 cm³/mol. The molecule has 2 aliphatic rings. The molecule has 0 saturated heterocycles. The number of benzene rings is 2. The van der Waals surface area contributed by atoms with E-state index in [2.05, 4.69) is 21.6 Å². The number of allylic oxidation sites excluding steroid dienone is 1. The average molecular weight is 470 g/mol. The Labute approximate surface area is 201 Å². The van der Waals surface area contributed by atoms with Crippen LogP contribution in [0.2, 0.25) is 0 Å². The number of fused-ring (bicyclic) bond motifs is 3. The topological polar surface area (TPSA) is 101 Å². The first-order valence-corrected chi connectivity index (χ1v) is 11.7. The van der Waals surface area contributed by atoms with E-state index in [0.29, 0.717) is 24.4 Å². The molecule has 0 radical (unpaired) electrons. The van der Waals surface area contributed by atoms with Crippen LogP contribution >= 0.6 is 0 Å². The Bertz CT molecular complexity index is 1480. The van der Waals surface area contributed by atoms with Crippen LogP contribution < -0.4 is 9.47 Å². The van der Waals surface area contributed by atoms with E-state index in [9.17, 15) is 4.79 Å². The predicted octanol–water partition coefficient (Wildman–Crippen LogP) is 4.20. The zero-order valence-electron chi connectivity index (χ0n) is 19.2. The van der Waals surface area contributed by atoms with Crippen molar-refractivity contribution in [1.29, 1.82) is 0 Å². The maximum atomic E-state index is 13.4. The molecule has 6 rings (SSSR count). The molecule has 9 nitrogen and oxygen atoms in total. The SMILES string of the molecule is CCCn1nnnc1COC(=O)c1c2c(nc3ccccc13)C(=Cc1ccc3c(c1)OCO3)CC2. The minimum atomic E-state index is -0.393. The highest BCUT2D eigenvalue weighted by atomic mass is 16.7. The number of carbonyl (C=O) groups excluding carboxylic acids is 1. The first kappa shape index (κ1) is 21.3. The van der Waals surface area contributed by atoms with E-state index in [1.54, 1.807) is 4.68 Å². The second-order valence-electron chi connectivity index (χ2n) is 8.51. The van der Waals surface area contributed by atoms with Gasteiger partial charge in [-0.05, 0) is 70.7 Å². The molecule has 2 aromatic heterocycles. The number of tetrazole rings is 1. The minimum absolute atomic E-state index is 0.0111. The summed E-state index contributed by atoms with van der Waals surface area (Å²) in [6.07, 6.45) is 4.47. The summed E-state index contributed by atoms with van der Waals surface area (Å²) in [6, 6.07) is 13.5. The summed E-state index contributed by atoms with van der Waals surface area (Å²) in [7, 11) is 0. The number of esters is 1. The first-order valence-electron chi connectivity index (χ1n) is 11.7. The summed E-state index contributed by atoms with van der Waals surface area (Å²) in [5.41, 5.74) is 5.14. The van der Waals surface area contributed by atoms with Crippen LogP contribution in [-0.4, -0.2) is 38.0 Å².